The zero-order valence-electron chi connectivity index (χ0n) is 12.3. The van der Waals surface area contributed by atoms with Gasteiger partial charge in [-0.2, -0.15) is 0 Å². The quantitative estimate of drug-likeness (QED) is 0.300. The molecule has 0 aliphatic heterocycles. The largest absolute Gasteiger partial charge is 0.504 e. The van der Waals surface area contributed by atoms with E-state index in [0.29, 0.717) is 25.2 Å². The molecule has 0 aliphatic rings. The molecule has 118 valence electrons. The first-order chi connectivity index (χ1) is 10.0. The topological polar surface area (TPSA) is 92.8 Å². The Balaban J connectivity index is 2.42. The van der Waals surface area contributed by atoms with Crippen LogP contribution in [0.4, 0.5) is 0 Å². The van der Waals surface area contributed by atoms with Crippen molar-refractivity contribution in [3.63, 3.8) is 0 Å². The number of hydrogen-bond donors (Lipinski definition) is 2. The molecule has 0 radical (unpaired) electrons. The number of phenolic OH excluding ortho intramolecular Hbond substituents is 2. The molecule has 0 saturated carbocycles. The fourth-order valence-corrected chi connectivity index (χ4v) is 2.03. The van der Waals surface area contributed by atoms with Gasteiger partial charge in [0.15, 0.2) is 11.5 Å². The highest BCUT2D eigenvalue weighted by Gasteiger charge is 2.21. The molecule has 6 nitrogen and oxygen atoms in total. The lowest BCUT2D eigenvalue weighted by molar-refractivity contribution is -0.523. The summed E-state index contributed by atoms with van der Waals surface area (Å²) >= 11 is 0. The van der Waals surface area contributed by atoms with Gasteiger partial charge >= 0.3 is 0 Å². The third-order valence-electron chi connectivity index (χ3n) is 3.30. The van der Waals surface area contributed by atoms with Crippen LogP contribution < -0.4 is 0 Å². The molecule has 0 aromatic heterocycles. The minimum atomic E-state index is -0.750. The fraction of sp³-hybridized carbons (Fsp3) is 0.600. The van der Waals surface area contributed by atoms with Crippen molar-refractivity contribution in [1.29, 1.82) is 0 Å². The van der Waals surface area contributed by atoms with E-state index in [9.17, 15) is 20.3 Å². The van der Waals surface area contributed by atoms with Crippen molar-refractivity contribution in [3.8, 4) is 11.5 Å². The summed E-state index contributed by atoms with van der Waals surface area (Å²) in [5.74, 6) is -0.485. The van der Waals surface area contributed by atoms with E-state index in [-0.39, 0.29) is 22.8 Å². The maximum absolute atomic E-state index is 11.1. The maximum atomic E-state index is 11.1. The van der Waals surface area contributed by atoms with Crippen LogP contribution in [-0.2, 0) is 11.2 Å². The highest BCUT2D eigenvalue weighted by Crippen LogP contribution is 2.25. The summed E-state index contributed by atoms with van der Waals surface area (Å²) in [6, 6.07) is 3.52. The molecule has 1 unspecified atom stereocenters. The van der Waals surface area contributed by atoms with E-state index < -0.39 is 6.04 Å². The molecule has 6 heteroatoms. The molecule has 1 rings (SSSR count). The lowest BCUT2D eigenvalue weighted by Crippen LogP contribution is -2.24. The first-order valence-corrected chi connectivity index (χ1v) is 7.26. The molecule has 0 spiro atoms. The third-order valence-corrected chi connectivity index (χ3v) is 3.30. The lowest BCUT2D eigenvalue weighted by atomic mass is 10.0. The second-order valence-electron chi connectivity index (χ2n) is 5.07. The van der Waals surface area contributed by atoms with Crippen LogP contribution in [0.15, 0.2) is 18.2 Å². The second kappa shape index (κ2) is 9.18. The summed E-state index contributed by atoms with van der Waals surface area (Å²) in [6.45, 7) is 3.10. The number of nitro groups is 1. The number of benzene rings is 1. The Morgan fingerprint density at radius 3 is 2.62 bits per heavy atom. The van der Waals surface area contributed by atoms with Crippen molar-refractivity contribution in [2.24, 2.45) is 0 Å². The minimum absolute atomic E-state index is 0.208. The van der Waals surface area contributed by atoms with Crippen LogP contribution in [0.2, 0.25) is 0 Å². The van der Waals surface area contributed by atoms with Crippen molar-refractivity contribution in [2.45, 2.75) is 45.1 Å². The predicted molar refractivity (Wildman–Crippen MR) is 79.2 cm³/mol. The molecule has 0 amide bonds. The highest BCUT2D eigenvalue weighted by molar-refractivity contribution is 5.40. The molecular formula is C15H23NO5. The normalized spacial score (nSPS) is 12.2. The van der Waals surface area contributed by atoms with Gasteiger partial charge in [-0.3, -0.25) is 10.1 Å². The molecule has 0 saturated heterocycles. The fourth-order valence-electron chi connectivity index (χ4n) is 2.03. The number of nitrogens with zero attached hydrogens (tertiary/aromatic N) is 1. The van der Waals surface area contributed by atoms with Crippen molar-refractivity contribution in [1.82, 2.24) is 0 Å². The first-order valence-electron chi connectivity index (χ1n) is 7.26. The minimum Gasteiger partial charge on any atom is -0.504 e. The Kier molecular flexibility index (Phi) is 7.53. The van der Waals surface area contributed by atoms with E-state index in [4.69, 9.17) is 4.74 Å². The van der Waals surface area contributed by atoms with Gasteiger partial charge in [0.05, 0.1) is 6.61 Å². The third kappa shape index (κ3) is 6.44. The summed E-state index contributed by atoms with van der Waals surface area (Å²) in [7, 11) is 0. The Bertz CT molecular complexity index is 450. The average molecular weight is 297 g/mol. The zero-order chi connectivity index (χ0) is 15.7. The molecule has 21 heavy (non-hydrogen) atoms. The molecule has 1 atom stereocenters. The molecule has 2 N–H and O–H groups in total. The van der Waals surface area contributed by atoms with Crippen molar-refractivity contribution in [3.05, 3.63) is 33.9 Å². The summed E-state index contributed by atoms with van der Waals surface area (Å²) in [4.78, 5) is 10.7. The number of hydrogen-bond acceptors (Lipinski definition) is 5. The molecule has 0 heterocycles. The summed E-state index contributed by atoms with van der Waals surface area (Å²) in [6.07, 6.45) is 3.74. The SMILES string of the molecule is CCCCCOCCC(Cc1ccc(O)c(O)c1)[N+](=O)[O-]. The van der Waals surface area contributed by atoms with Crippen LogP contribution in [0.25, 0.3) is 0 Å². The van der Waals surface area contributed by atoms with Crippen LogP contribution in [-0.4, -0.2) is 34.4 Å². The van der Waals surface area contributed by atoms with Crippen LogP contribution in [0.5, 0.6) is 11.5 Å². The van der Waals surface area contributed by atoms with Crippen LogP contribution in [0, 0.1) is 10.1 Å². The van der Waals surface area contributed by atoms with Gasteiger partial charge in [0, 0.05) is 24.4 Å². The van der Waals surface area contributed by atoms with Crippen molar-refractivity contribution in [2.75, 3.05) is 13.2 Å². The molecular weight excluding hydrogens is 274 g/mol. The molecule has 1 aromatic rings. The molecule has 0 bridgehead atoms. The van der Waals surface area contributed by atoms with Gasteiger partial charge in [-0.15, -0.1) is 0 Å². The van der Waals surface area contributed by atoms with Gasteiger partial charge in [-0.05, 0) is 24.1 Å². The Morgan fingerprint density at radius 1 is 1.24 bits per heavy atom. The molecule has 1 aromatic carbocycles. The van der Waals surface area contributed by atoms with Gasteiger partial charge in [0.2, 0.25) is 6.04 Å². The van der Waals surface area contributed by atoms with E-state index in [2.05, 4.69) is 6.92 Å². The molecule has 0 aliphatic carbocycles. The summed E-state index contributed by atoms with van der Waals surface area (Å²) in [5.41, 5.74) is 0.623. The Labute approximate surface area is 124 Å². The summed E-state index contributed by atoms with van der Waals surface area (Å²) < 4.78 is 5.40. The second-order valence-corrected chi connectivity index (χ2v) is 5.07. The monoisotopic (exact) mass is 297 g/mol. The Hall–Kier alpha value is -1.82. The van der Waals surface area contributed by atoms with Crippen LogP contribution >= 0.6 is 0 Å². The number of rotatable bonds is 10. The zero-order valence-corrected chi connectivity index (χ0v) is 12.3. The van der Waals surface area contributed by atoms with E-state index in [1.807, 2.05) is 0 Å². The Morgan fingerprint density at radius 2 is 2.00 bits per heavy atom. The van der Waals surface area contributed by atoms with E-state index in [1.165, 1.54) is 12.1 Å². The lowest BCUT2D eigenvalue weighted by Gasteiger charge is -2.10. The number of aromatic hydroxyl groups is 2. The summed E-state index contributed by atoms with van der Waals surface area (Å²) in [5, 5.41) is 29.7. The van der Waals surface area contributed by atoms with Crippen molar-refractivity contribution < 1.29 is 19.9 Å². The van der Waals surface area contributed by atoms with Gasteiger partial charge in [0.1, 0.15) is 0 Å². The van der Waals surface area contributed by atoms with Gasteiger partial charge in [0.25, 0.3) is 0 Å². The van der Waals surface area contributed by atoms with Crippen molar-refractivity contribution >= 4 is 0 Å². The first kappa shape index (κ1) is 17.2. The van der Waals surface area contributed by atoms with Gasteiger partial charge in [-0.25, -0.2) is 0 Å². The number of phenols is 2. The van der Waals surface area contributed by atoms with E-state index in [1.54, 1.807) is 6.07 Å². The average Bonchev–Trinajstić information content (AvgIpc) is 2.45. The standard InChI is InChI=1S/C15H23NO5/c1-2-3-4-8-21-9-7-13(16(19)20)10-12-5-6-14(17)15(18)11-12/h5-6,11,13,17-18H,2-4,7-10H2,1H3. The maximum Gasteiger partial charge on any atom is 0.219 e. The number of ether oxygens (including phenoxy) is 1. The predicted octanol–water partition coefficient (Wildman–Crippen LogP) is 2.88. The molecule has 0 fully saturated rings. The van der Waals surface area contributed by atoms with Gasteiger partial charge in [-0.1, -0.05) is 25.8 Å². The van der Waals surface area contributed by atoms with E-state index in [0.717, 1.165) is 19.3 Å². The van der Waals surface area contributed by atoms with Crippen LogP contribution in [0.1, 0.15) is 38.2 Å². The van der Waals surface area contributed by atoms with Gasteiger partial charge < -0.3 is 14.9 Å². The number of unbranched alkanes of at least 4 members (excludes halogenated alkanes) is 2. The van der Waals surface area contributed by atoms with Crippen LogP contribution in [0.3, 0.4) is 0 Å². The van der Waals surface area contributed by atoms with E-state index >= 15 is 0 Å². The smallest absolute Gasteiger partial charge is 0.219 e. The highest BCUT2D eigenvalue weighted by atomic mass is 16.6.